The Morgan fingerprint density at radius 3 is 2.20 bits per heavy atom. The van der Waals surface area contributed by atoms with Crippen LogP contribution in [0.25, 0.3) is 10.8 Å². The Morgan fingerprint density at radius 1 is 0.933 bits per heavy atom. The lowest BCUT2D eigenvalue weighted by Crippen LogP contribution is -2.52. The van der Waals surface area contributed by atoms with Crippen LogP contribution in [-0.2, 0) is 9.59 Å². The second-order valence-corrected chi connectivity index (χ2v) is 7.98. The zero-order valence-corrected chi connectivity index (χ0v) is 18.4. The molecular formula is C24H34N4O2. The molecule has 1 heterocycles. The Kier molecular flexibility index (Phi) is 7.82. The van der Waals surface area contributed by atoms with E-state index in [0.717, 1.165) is 44.8 Å². The highest BCUT2D eigenvalue weighted by molar-refractivity contribution is 5.87. The number of nitrogens with zero attached hydrogens (tertiary/aromatic N) is 3. The first-order chi connectivity index (χ1) is 14.5. The van der Waals surface area contributed by atoms with E-state index >= 15 is 0 Å². The molecule has 3 rings (SSSR count). The number of carbonyl (C=O) groups is 2. The van der Waals surface area contributed by atoms with Crippen molar-refractivity contribution in [2.45, 2.75) is 26.8 Å². The van der Waals surface area contributed by atoms with Gasteiger partial charge in [-0.15, -0.1) is 0 Å². The summed E-state index contributed by atoms with van der Waals surface area (Å²) in [5.74, 6) is 0.234. The molecule has 2 amide bonds. The predicted molar refractivity (Wildman–Crippen MR) is 121 cm³/mol. The number of carbonyl (C=O) groups excluding carboxylic acids is 2. The lowest BCUT2D eigenvalue weighted by atomic mass is 10.00. The van der Waals surface area contributed by atoms with Gasteiger partial charge in [0.05, 0.1) is 19.1 Å². The number of likely N-dealkylation sites (N-methyl/N-ethyl adjacent to an activating group) is 1. The molecule has 0 saturated carbocycles. The fourth-order valence-electron chi connectivity index (χ4n) is 4.17. The Labute approximate surface area is 179 Å². The van der Waals surface area contributed by atoms with Crippen molar-refractivity contribution >= 4 is 22.6 Å². The van der Waals surface area contributed by atoms with E-state index < -0.39 is 0 Å². The molecule has 0 aromatic heterocycles. The topological polar surface area (TPSA) is 55.9 Å². The van der Waals surface area contributed by atoms with E-state index in [1.54, 1.807) is 0 Å². The zero-order valence-electron chi connectivity index (χ0n) is 18.4. The summed E-state index contributed by atoms with van der Waals surface area (Å²) in [6, 6.07) is 14.4. The van der Waals surface area contributed by atoms with Gasteiger partial charge in [0.2, 0.25) is 11.8 Å². The van der Waals surface area contributed by atoms with Crippen LogP contribution in [-0.4, -0.2) is 78.9 Å². The van der Waals surface area contributed by atoms with Gasteiger partial charge in [-0.2, -0.15) is 0 Å². The van der Waals surface area contributed by atoms with Crippen molar-refractivity contribution in [1.82, 2.24) is 20.0 Å². The lowest BCUT2D eigenvalue weighted by molar-refractivity contribution is -0.133. The third-order valence-electron chi connectivity index (χ3n) is 5.97. The van der Waals surface area contributed by atoms with Gasteiger partial charge in [0.25, 0.3) is 0 Å². The summed E-state index contributed by atoms with van der Waals surface area (Å²) >= 11 is 0. The van der Waals surface area contributed by atoms with E-state index in [1.807, 2.05) is 43.9 Å². The molecule has 1 fully saturated rings. The first-order valence-electron chi connectivity index (χ1n) is 11.0. The van der Waals surface area contributed by atoms with Gasteiger partial charge in [-0.25, -0.2) is 0 Å². The SMILES string of the molecule is CCN(CC)C(=O)CN1CCN(CC(=O)NC(C)c2cccc3ccccc23)CC1. The highest BCUT2D eigenvalue weighted by Gasteiger charge is 2.22. The molecule has 1 saturated heterocycles. The normalized spacial score (nSPS) is 16.4. The second-order valence-electron chi connectivity index (χ2n) is 7.98. The molecule has 1 aliphatic rings. The highest BCUT2D eigenvalue weighted by Crippen LogP contribution is 2.24. The molecule has 2 aromatic carbocycles. The average Bonchev–Trinajstić information content (AvgIpc) is 2.75. The first-order valence-corrected chi connectivity index (χ1v) is 11.0. The minimum atomic E-state index is -0.0448. The van der Waals surface area contributed by atoms with Gasteiger partial charge in [0.1, 0.15) is 0 Å². The molecule has 1 N–H and O–H groups in total. The largest absolute Gasteiger partial charge is 0.348 e. The molecule has 2 aromatic rings. The predicted octanol–water partition coefficient (Wildman–Crippen LogP) is 2.50. The van der Waals surface area contributed by atoms with E-state index in [0.29, 0.717) is 13.1 Å². The number of fused-ring (bicyclic) bond motifs is 1. The van der Waals surface area contributed by atoms with Crippen molar-refractivity contribution in [3.8, 4) is 0 Å². The van der Waals surface area contributed by atoms with E-state index in [2.05, 4.69) is 39.4 Å². The molecular weight excluding hydrogens is 376 g/mol. The van der Waals surface area contributed by atoms with Crippen LogP contribution in [0, 0.1) is 0 Å². The van der Waals surface area contributed by atoms with Gasteiger partial charge < -0.3 is 10.2 Å². The van der Waals surface area contributed by atoms with E-state index in [1.165, 1.54) is 10.8 Å². The van der Waals surface area contributed by atoms with E-state index in [4.69, 9.17) is 0 Å². The Morgan fingerprint density at radius 2 is 1.53 bits per heavy atom. The second kappa shape index (κ2) is 10.5. The minimum absolute atomic E-state index is 0.0445. The summed E-state index contributed by atoms with van der Waals surface area (Å²) in [7, 11) is 0. The molecule has 0 radical (unpaired) electrons. The number of amides is 2. The number of nitrogens with one attached hydrogen (secondary N) is 1. The maximum atomic E-state index is 12.6. The van der Waals surface area contributed by atoms with Crippen LogP contribution in [0.15, 0.2) is 42.5 Å². The smallest absolute Gasteiger partial charge is 0.236 e. The Hall–Kier alpha value is -2.44. The summed E-state index contributed by atoms with van der Waals surface area (Å²) in [4.78, 5) is 31.1. The minimum Gasteiger partial charge on any atom is -0.348 e. The van der Waals surface area contributed by atoms with Crippen LogP contribution in [0.3, 0.4) is 0 Å². The van der Waals surface area contributed by atoms with Crippen molar-refractivity contribution in [1.29, 1.82) is 0 Å². The standard InChI is InChI=1S/C24H34N4O2/c1-4-28(5-2)24(30)18-27-15-13-26(14-16-27)17-23(29)25-19(3)21-12-8-10-20-9-6-7-11-22(20)21/h6-12,19H,4-5,13-18H2,1-3H3,(H,25,29). The fraction of sp³-hybridized carbons (Fsp3) is 0.500. The Balaban J connectivity index is 1.47. The van der Waals surface area contributed by atoms with Crippen LogP contribution in [0.2, 0.25) is 0 Å². The maximum Gasteiger partial charge on any atom is 0.236 e. The Bertz CT molecular complexity index is 852. The van der Waals surface area contributed by atoms with Gasteiger partial charge in [-0.3, -0.25) is 19.4 Å². The van der Waals surface area contributed by atoms with E-state index in [9.17, 15) is 9.59 Å². The third kappa shape index (κ3) is 5.58. The number of piperazine rings is 1. The van der Waals surface area contributed by atoms with Gasteiger partial charge in [0.15, 0.2) is 0 Å². The number of rotatable bonds is 8. The number of hydrogen-bond acceptors (Lipinski definition) is 4. The van der Waals surface area contributed by atoms with Crippen molar-refractivity contribution in [3.63, 3.8) is 0 Å². The van der Waals surface area contributed by atoms with Gasteiger partial charge >= 0.3 is 0 Å². The van der Waals surface area contributed by atoms with Crippen molar-refractivity contribution in [2.24, 2.45) is 0 Å². The van der Waals surface area contributed by atoms with Crippen LogP contribution in [0.4, 0.5) is 0 Å². The van der Waals surface area contributed by atoms with Crippen LogP contribution in [0.5, 0.6) is 0 Å². The maximum absolute atomic E-state index is 12.6. The third-order valence-corrected chi connectivity index (χ3v) is 5.97. The summed E-state index contributed by atoms with van der Waals surface area (Å²) in [5.41, 5.74) is 1.14. The molecule has 1 aliphatic heterocycles. The van der Waals surface area contributed by atoms with Crippen molar-refractivity contribution in [3.05, 3.63) is 48.0 Å². The quantitative estimate of drug-likeness (QED) is 0.727. The summed E-state index contributed by atoms with van der Waals surface area (Å²) in [5, 5.41) is 5.52. The van der Waals surface area contributed by atoms with E-state index in [-0.39, 0.29) is 17.9 Å². The van der Waals surface area contributed by atoms with Gasteiger partial charge in [-0.05, 0) is 37.1 Å². The molecule has 6 nitrogen and oxygen atoms in total. The lowest BCUT2D eigenvalue weighted by Gasteiger charge is -2.35. The van der Waals surface area contributed by atoms with Crippen molar-refractivity contribution < 1.29 is 9.59 Å². The summed E-state index contributed by atoms with van der Waals surface area (Å²) in [6.45, 7) is 11.7. The molecule has 1 atom stereocenters. The molecule has 0 aliphatic carbocycles. The highest BCUT2D eigenvalue weighted by atomic mass is 16.2. The summed E-state index contributed by atoms with van der Waals surface area (Å²) in [6.07, 6.45) is 0. The molecule has 6 heteroatoms. The van der Waals surface area contributed by atoms with Crippen LogP contribution in [0.1, 0.15) is 32.4 Å². The van der Waals surface area contributed by atoms with Gasteiger partial charge in [-0.1, -0.05) is 42.5 Å². The molecule has 162 valence electrons. The zero-order chi connectivity index (χ0) is 21.5. The first kappa shape index (κ1) is 22.2. The fourth-order valence-corrected chi connectivity index (χ4v) is 4.17. The number of benzene rings is 2. The number of hydrogen-bond donors (Lipinski definition) is 1. The molecule has 30 heavy (non-hydrogen) atoms. The summed E-state index contributed by atoms with van der Waals surface area (Å²) < 4.78 is 0. The van der Waals surface area contributed by atoms with Crippen molar-refractivity contribution in [2.75, 3.05) is 52.4 Å². The molecule has 0 bridgehead atoms. The molecule has 0 spiro atoms. The van der Waals surface area contributed by atoms with Gasteiger partial charge in [0, 0.05) is 39.3 Å². The van der Waals surface area contributed by atoms with Crippen LogP contribution < -0.4 is 5.32 Å². The average molecular weight is 411 g/mol. The monoisotopic (exact) mass is 410 g/mol. The van der Waals surface area contributed by atoms with Crippen LogP contribution >= 0.6 is 0 Å². The molecule has 1 unspecified atom stereocenters.